The first-order valence-electron chi connectivity index (χ1n) is 9.61. The van der Waals surface area contributed by atoms with Gasteiger partial charge >= 0.3 is 0 Å². The van der Waals surface area contributed by atoms with E-state index in [2.05, 4.69) is 100 Å². The number of hydrogen-bond acceptors (Lipinski definition) is 2. The highest BCUT2D eigenvalue weighted by Crippen LogP contribution is 2.38. The highest BCUT2D eigenvalue weighted by Gasteiger charge is 2.25. The van der Waals surface area contributed by atoms with E-state index in [9.17, 15) is 0 Å². The molecular formula is C22H21Br3N4. The smallest absolute Gasteiger partial charge is 0.217 e. The minimum atomic E-state index is 0.531. The van der Waals surface area contributed by atoms with E-state index in [1.54, 1.807) is 0 Å². The number of aromatic nitrogens is 2. The van der Waals surface area contributed by atoms with Crippen molar-refractivity contribution >= 4 is 64.5 Å². The number of aryl methyl sites for hydroxylation is 2. The molecule has 0 unspecified atom stereocenters. The SMILES string of the molecule is [C-]#[N+]CC1CCN(c2cc(C)nc3c2c(C)cn3-c2cc(Br)c(Br)cc2Br)CC1. The Labute approximate surface area is 196 Å². The Balaban J connectivity index is 1.82. The van der Waals surface area contributed by atoms with Crippen LogP contribution in [-0.4, -0.2) is 29.2 Å². The Hall–Kier alpha value is -1.36. The van der Waals surface area contributed by atoms with Crippen LogP contribution in [0, 0.1) is 26.3 Å². The number of anilines is 1. The monoisotopic (exact) mass is 578 g/mol. The molecule has 4 nitrogen and oxygen atoms in total. The fourth-order valence-electron chi connectivity index (χ4n) is 4.13. The number of hydrogen-bond donors (Lipinski definition) is 0. The summed E-state index contributed by atoms with van der Waals surface area (Å²) in [4.78, 5) is 11.0. The molecule has 0 N–H and O–H groups in total. The highest BCUT2D eigenvalue weighted by atomic mass is 79.9. The van der Waals surface area contributed by atoms with Crippen LogP contribution in [0.15, 0.2) is 37.8 Å². The molecule has 1 aliphatic heterocycles. The van der Waals surface area contributed by atoms with E-state index in [1.807, 2.05) is 0 Å². The van der Waals surface area contributed by atoms with Gasteiger partial charge in [-0.15, -0.1) is 0 Å². The van der Waals surface area contributed by atoms with Crippen molar-refractivity contribution in [3.63, 3.8) is 0 Å². The van der Waals surface area contributed by atoms with Crippen molar-refractivity contribution in [1.82, 2.24) is 9.55 Å². The third-order valence-corrected chi connectivity index (χ3v) is 8.09. The van der Waals surface area contributed by atoms with E-state index in [0.717, 1.165) is 56.4 Å². The molecule has 1 aliphatic rings. The molecule has 0 atom stereocenters. The van der Waals surface area contributed by atoms with Gasteiger partial charge in [-0.3, -0.25) is 4.57 Å². The Morgan fingerprint density at radius 3 is 2.41 bits per heavy atom. The van der Waals surface area contributed by atoms with E-state index in [4.69, 9.17) is 11.6 Å². The van der Waals surface area contributed by atoms with Gasteiger partial charge in [0, 0.05) is 55.4 Å². The van der Waals surface area contributed by atoms with Crippen molar-refractivity contribution < 1.29 is 0 Å². The molecule has 2 aromatic heterocycles. The average molecular weight is 581 g/mol. The molecule has 0 radical (unpaired) electrons. The van der Waals surface area contributed by atoms with E-state index in [0.29, 0.717) is 12.5 Å². The zero-order chi connectivity index (χ0) is 20.7. The maximum absolute atomic E-state index is 7.14. The van der Waals surface area contributed by atoms with Gasteiger partial charge in [0.2, 0.25) is 6.54 Å². The predicted molar refractivity (Wildman–Crippen MR) is 130 cm³/mol. The summed E-state index contributed by atoms with van der Waals surface area (Å²) in [6.45, 7) is 14.0. The number of pyridine rings is 1. The molecule has 0 bridgehead atoms. The molecule has 3 aromatic rings. The van der Waals surface area contributed by atoms with Crippen molar-refractivity contribution in [2.45, 2.75) is 26.7 Å². The number of nitrogens with zero attached hydrogens (tertiary/aromatic N) is 4. The molecule has 1 fully saturated rings. The molecule has 150 valence electrons. The predicted octanol–water partition coefficient (Wildman–Crippen LogP) is 7.07. The lowest BCUT2D eigenvalue weighted by atomic mass is 9.96. The second-order valence-corrected chi connectivity index (χ2v) is 10.2. The summed E-state index contributed by atoms with van der Waals surface area (Å²) < 4.78 is 5.20. The summed E-state index contributed by atoms with van der Waals surface area (Å²) in [5.41, 5.74) is 5.53. The van der Waals surface area contributed by atoms with Gasteiger partial charge in [-0.1, -0.05) is 0 Å². The highest BCUT2D eigenvalue weighted by molar-refractivity contribution is 9.13. The van der Waals surface area contributed by atoms with Crippen LogP contribution in [0.5, 0.6) is 0 Å². The second kappa shape index (κ2) is 8.41. The summed E-state index contributed by atoms with van der Waals surface area (Å²) in [6.07, 6.45) is 4.33. The molecule has 7 heteroatoms. The van der Waals surface area contributed by atoms with Gasteiger partial charge in [0.15, 0.2) is 0 Å². The molecular weight excluding hydrogens is 560 g/mol. The zero-order valence-corrected chi connectivity index (χ0v) is 21.1. The third-order valence-electron chi connectivity index (χ3n) is 5.61. The van der Waals surface area contributed by atoms with Crippen molar-refractivity contribution in [1.29, 1.82) is 0 Å². The van der Waals surface area contributed by atoms with Gasteiger partial charge in [0.25, 0.3) is 0 Å². The van der Waals surface area contributed by atoms with Crippen LogP contribution in [0.1, 0.15) is 24.1 Å². The number of halogens is 3. The van der Waals surface area contributed by atoms with E-state index >= 15 is 0 Å². The standard InChI is InChI=1S/C22H21Br3N4/c1-13-12-29(19-10-17(24)16(23)9-18(19)25)22-21(13)20(8-14(2)27-22)28-6-4-15(5-7-28)11-26-3/h8-10,12,15H,4-7,11H2,1-2H3. The quantitative estimate of drug-likeness (QED) is 0.245. The van der Waals surface area contributed by atoms with Crippen LogP contribution in [0.4, 0.5) is 5.69 Å². The molecule has 0 amide bonds. The second-order valence-electron chi connectivity index (χ2n) is 7.65. The lowest BCUT2D eigenvalue weighted by molar-refractivity contribution is 0.431. The molecule has 0 saturated carbocycles. The van der Waals surface area contributed by atoms with Gasteiger partial charge in [-0.2, -0.15) is 0 Å². The van der Waals surface area contributed by atoms with Gasteiger partial charge in [0.1, 0.15) is 5.65 Å². The van der Waals surface area contributed by atoms with Gasteiger partial charge in [-0.25, -0.2) is 11.6 Å². The van der Waals surface area contributed by atoms with Crippen molar-refractivity contribution in [2.75, 3.05) is 24.5 Å². The molecule has 29 heavy (non-hydrogen) atoms. The molecule has 1 saturated heterocycles. The fourth-order valence-corrected chi connectivity index (χ4v) is 5.64. The maximum Gasteiger partial charge on any atom is 0.217 e. The van der Waals surface area contributed by atoms with Crippen LogP contribution >= 0.6 is 47.8 Å². The first-order valence-corrected chi connectivity index (χ1v) is 12.0. The van der Waals surface area contributed by atoms with Crippen LogP contribution in [-0.2, 0) is 0 Å². The molecule has 3 heterocycles. The minimum Gasteiger partial charge on any atom is -0.371 e. The largest absolute Gasteiger partial charge is 0.371 e. The first kappa shape index (κ1) is 20.9. The summed E-state index contributed by atoms with van der Waals surface area (Å²) in [7, 11) is 0. The number of piperidine rings is 1. The Morgan fingerprint density at radius 1 is 1.03 bits per heavy atom. The third kappa shape index (κ3) is 3.99. The van der Waals surface area contributed by atoms with Crippen molar-refractivity contribution in [2.24, 2.45) is 5.92 Å². The average Bonchev–Trinajstić information content (AvgIpc) is 3.01. The minimum absolute atomic E-state index is 0.531. The summed E-state index contributed by atoms with van der Waals surface area (Å²) in [6, 6.07) is 6.37. The fraction of sp³-hybridized carbons (Fsp3) is 0.364. The topological polar surface area (TPSA) is 25.4 Å². The van der Waals surface area contributed by atoms with Crippen LogP contribution < -0.4 is 4.90 Å². The number of benzene rings is 1. The lowest BCUT2D eigenvalue weighted by Gasteiger charge is -2.32. The Morgan fingerprint density at radius 2 is 1.72 bits per heavy atom. The molecule has 4 rings (SSSR count). The normalized spacial score (nSPS) is 15.1. The van der Waals surface area contributed by atoms with Crippen molar-refractivity contribution in [3.8, 4) is 5.69 Å². The van der Waals surface area contributed by atoms with E-state index in [-0.39, 0.29) is 0 Å². The summed E-state index contributed by atoms with van der Waals surface area (Å²) >= 11 is 10.9. The van der Waals surface area contributed by atoms with Crippen molar-refractivity contribution in [3.05, 3.63) is 60.5 Å². The van der Waals surface area contributed by atoms with E-state index < -0.39 is 0 Å². The number of fused-ring (bicyclic) bond motifs is 1. The summed E-state index contributed by atoms with van der Waals surface area (Å²) in [5, 5.41) is 1.21. The summed E-state index contributed by atoms with van der Waals surface area (Å²) in [5.74, 6) is 0.531. The van der Waals surface area contributed by atoms with Crippen LogP contribution in [0.3, 0.4) is 0 Å². The maximum atomic E-state index is 7.14. The first-order chi connectivity index (χ1) is 13.9. The number of rotatable bonds is 3. The van der Waals surface area contributed by atoms with E-state index in [1.165, 1.54) is 16.6 Å². The molecule has 1 aromatic carbocycles. The zero-order valence-electron chi connectivity index (χ0n) is 16.3. The van der Waals surface area contributed by atoms with Gasteiger partial charge in [0.05, 0.1) is 5.69 Å². The Kier molecular flexibility index (Phi) is 6.06. The van der Waals surface area contributed by atoms with Crippen LogP contribution in [0.2, 0.25) is 0 Å². The Bertz CT molecular complexity index is 1120. The van der Waals surface area contributed by atoms with Gasteiger partial charge < -0.3 is 9.74 Å². The molecule has 0 spiro atoms. The van der Waals surface area contributed by atoms with Gasteiger partial charge in [-0.05, 0) is 98.2 Å². The molecule has 0 aliphatic carbocycles. The lowest BCUT2D eigenvalue weighted by Crippen LogP contribution is -2.34. The van der Waals surface area contributed by atoms with Crippen LogP contribution in [0.25, 0.3) is 21.6 Å².